The molecule has 1 aromatic rings. The molecule has 0 saturated heterocycles. The minimum Gasteiger partial charge on any atom is -0.496 e. The van der Waals surface area contributed by atoms with E-state index in [1.807, 2.05) is 0 Å². The number of nitrogens with zero attached hydrogens (tertiary/aromatic N) is 1. The van der Waals surface area contributed by atoms with Crippen molar-refractivity contribution >= 4 is 31.9 Å². The first-order valence-corrected chi connectivity index (χ1v) is 8.42. The molecule has 0 aliphatic rings. The summed E-state index contributed by atoms with van der Waals surface area (Å²) in [6, 6.07) is 4.30. The Bertz CT molecular complexity index is 642. The Morgan fingerprint density at radius 2 is 2.00 bits per heavy atom. The van der Waals surface area contributed by atoms with Gasteiger partial charge in [0.1, 0.15) is 11.3 Å². The van der Waals surface area contributed by atoms with Gasteiger partial charge in [-0.25, -0.2) is 8.42 Å². The number of halogens is 1. The lowest BCUT2D eigenvalue weighted by Gasteiger charge is -2.33. The highest BCUT2D eigenvalue weighted by Gasteiger charge is 2.41. The predicted octanol–water partition coefficient (Wildman–Crippen LogP) is 2.33. The molecule has 0 amide bonds. The lowest BCUT2D eigenvalue weighted by atomic mass is 10.1. The Morgan fingerprint density at radius 3 is 2.38 bits per heavy atom. The van der Waals surface area contributed by atoms with Crippen molar-refractivity contribution in [3.05, 3.63) is 22.7 Å². The molecule has 0 aliphatic carbocycles. The molecule has 0 unspecified atom stereocenters. The maximum atomic E-state index is 12.7. The molecule has 0 aromatic heterocycles. The zero-order chi connectivity index (χ0) is 16.4. The second-order valence-corrected chi connectivity index (χ2v) is 7.55. The Balaban J connectivity index is 3.38. The van der Waals surface area contributed by atoms with Gasteiger partial charge in [-0.15, -0.1) is 0 Å². The molecule has 1 aromatic carbocycles. The van der Waals surface area contributed by atoms with Crippen molar-refractivity contribution in [1.29, 1.82) is 0 Å². The fourth-order valence-corrected chi connectivity index (χ4v) is 4.38. The number of benzene rings is 1. The van der Waals surface area contributed by atoms with E-state index >= 15 is 0 Å². The molecule has 118 valence electrons. The van der Waals surface area contributed by atoms with Crippen LogP contribution in [0.2, 0.25) is 0 Å². The van der Waals surface area contributed by atoms with Crippen LogP contribution in [0.25, 0.3) is 0 Å². The summed E-state index contributed by atoms with van der Waals surface area (Å²) in [7, 11) is -2.46. The first-order valence-electron chi connectivity index (χ1n) is 6.18. The second kappa shape index (κ2) is 6.33. The minimum atomic E-state index is -3.93. The van der Waals surface area contributed by atoms with Crippen LogP contribution in [0.15, 0.2) is 27.6 Å². The molecule has 0 atom stereocenters. The maximum absolute atomic E-state index is 12.7. The average Bonchev–Trinajstić information content (AvgIpc) is 2.38. The first-order chi connectivity index (χ1) is 9.58. The lowest BCUT2D eigenvalue weighted by Crippen LogP contribution is -2.52. The van der Waals surface area contributed by atoms with Crippen molar-refractivity contribution in [2.75, 3.05) is 13.7 Å². The SMILES string of the molecule is CCN(C(C)(C)C(=O)O)S(=O)(=O)c1ccc(OC)c(Br)c1. The van der Waals surface area contributed by atoms with Crippen LogP contribution in [0.1, 0.15) is 20.8 Å². The Labute approximate surface area is 132 Å². The van der Waals surface area contributed by atoms with Gasteiger partial charge in [0.2, 0.25) is 10.0 Å². The van der Waals surface area contributed by atoms with Crippen LogP contribution in [0, 0.1) is 0 Å². The molecular weight excluding hydrogens is 362 g/mol. The second-order valence-electron chi connectivity index (χ2n) is 4.83. The molecule has 0 saturated carbocycles. The van der Waals surface area contributed by atoms with E-state index in [2.05, 4.69) is 15.9 Å². The Morgan fingerprint density at radius 1 is 1.43 bits per heavy atom. The predicted molar refractivity (Wildman–Crippen MR) is 82.0 cm³/mol. The third-order valence-electron chi connectivity index (χ3n) is 3.15. The molecule has 6 nitrogen and oxygen atoms in total. The number of likely N-dealkylation sites (N-methyl/N-ethyl adjacent to an activating group) is 1. The number of aliphatic carboxylic acids is 1. The molecule has 1 rings (SSSR count). The zero-order valence-corrected chi connectivity index (χ0v) is 14.7. The van der Waals surface area contributed by atoms with Crippen LogP contribution in [-0.4, -0.2) is 43.0 Å². The number of carbonyl (C=O) groups is 1. The molecule has 8 heteroatoms. The van der Waals surface area contributed by atoms with Crippen LogP contribution in [0.4, 0.5) is 0 Å². The summed E-state index contributed by atoms with van der Waals surface area (Å²) in [5.41, 5.74) is -1.54. The van der Waals surface area contributed by atoms with Crippen LogP contribution >= 0.6 is 15.9 Å². The van der Waals surface area contributed by atoms with Gasteiger partial charge >= 0.3 is 5.97 Å². The molecule has 21 heavy (non-hydrogen) atoms. The number of carboxylic acids is 1. The number of sulfonamides is 1. The third kappa shape index (κ3) is 3.38. The summed E-state index contributed by atoms with van der Waals surface area (Å²) in [5.74, 6) is -0.713. The first kappa shape index (κ1) is 17.9. The van der Waals surface area contributed by atoms with Crippen molar-refractivity contribution in [3.63, 3.8) is 0 Å². The van der Waals surface area contributed by atoms with E-state index < -0.39 is 21.5 Å². The molecule has 0 spiro atoms. The van der Waals surface area contributed by atoms with Gasteiger partial charge in [-0.3, -0.25) is 4.79 Å². The molecule has 0 aliphatic heterocycles. The summed E-state index contributed by atoms with van der Waals surface area (Å²) in [6.07, 6.45) is 0. The Kier molecular flexibility index (Phi) is 5.40. The van der Waals surface area contributed by atoms with Crippen molar-refractivity contribution in [1.82, 2.24) is 4.31 Å². The monoisotopic (exact) mass is 379 g/mol. The normalized spacial score (nSPS) is 12.5. The number of methoxy groups -OCH3 is 1. The largest absolute Gasteiger partial charge is 0.496 e. The fraction of sp³-hybridized carbons (Fsp3) is 0.462. The van der Waals surface area contributed by atoms with Crippen LogP contribution in [0.3, 0.4) is 0 Å². The Hall–Kier alpha value is -1.12. The van der Waals surface area contributed by atoms with Crippen molar-refractivity contribution in [3.8, 4) is 5.75 Å². The van der Waals surface area contributed by atoms with E-state index in [0.29, 0.717) is 10.2 Å². The molecule has 0 radical (unpaired) electrons. The highest BCUT2D eigenvalue weighted by atomic mass is 79.9. The molecule has 0 bridgehead atoms. The minimum absolute atomic E-state index is 0.00588. The van der Waals surface area contributed by atoms with E-state index in [4.69, 9.17) is 4.74 Å². The quantitative estimate of drug-likeness (QED) is 0.819. The average molecular weight is 380 g/mol. The molecule has 1 N–H and O–H groups in total. The van der Waals surface area contributed by atoms with E-state index in [0.717, 1.165) is 4.31 Å². The topological polar surface area (TPSA) is 83.9 Å². The van der Waals surface area contributed by atoms with E-state index in [9.17, 15) is 18.3 Å². The van der Waals surface area contributed by atoms with Crippen molar-refractivity contribution < 1.29 is 23.1 Å². The van der Waals surface area contributed by atoms with E-state index in [-0.39, 0.29) is 11.4 Å². The number of ether oxygens (including phenoxy) is 1. The van der Waals surface area contributed by atoms with Crippen molar-refractivity contribution in [2.24, 2.45) is 0 Å². The van der Waals surface area contributed by atoms with Gasteiger partial charge in [0, 0.05) is 6.54 Å². The zero-order valence-electron chi connectivity index (χ0n) is 12.3. The smallest absolute Gasteiger partial charge is 0.324 e. The number of carboxylic acid groups (broad SMARTS) is 1. The fourth-order valence-electron chi connectivity index (χ4n) is 1.91. The van der Waals surface area contributed by atoms with Crippen LogP contribution in [0.5, 0.6) is 5.75 Å². The van der Waals surface area contributed by atoms with Gasteiger partial charge in [0.05, 0.1) is 16.5 Å². The van der Waals surface area contributed by atoms with E-state index in [1.54, 1.807) is 6.92 Å². The summed E-state index contributed by atoms with van der Waals surface area (Å²) < 4.78 is 31.8. The standard InChI is InChI=1S/C13H18BrNO5S/c1-5-15(13(2,3)12(16)17)21(18,19)9-6-7-11(20-4)10(14)8-9/h6-8H,5H2,1-4H3,(H,16,17). The number of hydrogen-bond acceptors (Lipinski definition) is 4. The molecule has 0 heterocycles. The highest BCUT2D eigenvalue weighted by Crippen LogP contribution is 2.31. The summed E-state index contributed by atoms with van der Waals surface area (Å²) in [4.78, 5) is 11.3. The highest BCUT2D eigenvalue weighted by molar-refractivity contribution is 9.10. The maximum Gasteiger partial charge on any atom is 0.324 e. The molecule has 0 fully saturated rings. The van der Waals surface area contributed by atoms with Gasteiger partial charge in [-0.2, -0.15) is 4.31 Å². The van der Waals surface area contributed by atoms with Gasteiger partial charge in [0.25, 0.3) is 0 Å². The summed E-state index contributed by atoms with van der Waals surface area (Å²) >= 11 is 3.23. The summed E-state index contributed by atoms with van der Waals surface area (Å²) in [5, 5.41) is 9.25. The lowest BCUT2D eigenvalue weighted by molar-refractivity contribution is -0.146. The summed E-state index contributed by atoms with van der Waals surface area (Å²) in [6.45, 7) is 4.36. The van der Waals surface area contributed by atoms with E-state index in [1.165, 1.54) is 39.2 Å². The van der Waals surface area contributed by atoms with Gasteiger partial charge in [-0.05, 0) is 48.0 Å². The van der Waals surface area contributed by atoms with Crippen LogP contribution < -0.4 is 4.74 Å². The molecular formula is C13H18BrNO5S. The van der Waals surface area contributed by atoms with Gasteiger partial charge in [0.15, 0.2) is 0 Å². The van der Waals surface area contributed by atoms with Crippen molar-refractivity contribution in [2.45, 2.75) is 31.2 Å². The van der Waals surface area contributed by atoms with Gasteiger partial charge < -0.3 is 9.84 Å². The number of rotatable bonds is 6. The van der Waals surface area contributed by atoms with Crippen LogP contribution in [-0.2, 0) is 14.8 Å². The third-order valence-corrected chi connectivity index (χ3v) is 5.91. The van der Waals surface area contributed by atoms with Gasteiger partial charge in [-0.1, -0.05) is 6.92 Å². The number of hydrogen-bond donors (Lipinski definition) is 1.